The van der Waals surface area contributed by atoms with E-state index in [1.807, 2.05) is 0 Å². The molecular weight excluding hydrogens is 318 g/mol. The Labute approximate surface area is 124 Å². The number of hydrogen-bond acceptors (Lipinski definition) is 6. The second kappa shape index (κ2) is 5.82. The molecule has 1 aliphatic rings. The molecule has 2 rings (SSSR count). The van der Waals surface area contributed by atoms with E-state index < -0.39 is 25.9 Å². The van der Waals surface area contributed by atoms with E-state index >= 15 is 0 Å². The molecule has 7 nitrogen and oxygen atoms in total. The van der Waals surface area contributed by atoms with Gasteiger partial charge in [0, 0.05) is 12.1 Å². The first-order valence-corrected chi connectivity index (χ1v) is 9.52. The number of rotatable bonds is 5. The molecule has 1 fully saturated rings. The third-order valence-corrected chi connectivity index (χ3v) is 6.52. The predicted octanol–water partition coefficient (Wildman–Crippen LogP) is 0.169. The highest BCUT2D eigenvalue weighted by Gasteiger charge is 2.32. The Hall–Kier alpha value is -1.32. The average molecular weight is 335 g/mol. The summed E-state index contributed by atoms with van der Waals surface area (Å²) in [7, 11) is -4.26. The van der Waals surface area contributed by atoms with Crippen LogP contribution >= 0.6 is 0 Å². The molecule has 21 heavy (non-hydrogen) atoms. The van der Waals surface area contributed by atoms with Crippen LogP contribution < -0.4 is 14.2 Å². The highest BCUT2D eigenvalue weighted by molar-refractivity contribution is 7.92. The Morgan fingerprint density at radius 3 is 2.48 bits per heavy atom. The van der Waals surface area contributed by atoms with Crippen LogP contribution in [-0.4, -0.2) is 48.6 Å². The van der Waals surface area contributed by atoms with Crippen molar-refractivity contribution in [2.24, 2.45) is 0 Å². The lowest BCUT2D eigenvalue weighted by Crippen LogP contribution is -2.35. The summed E-state index contributed by atoms with van der Waals surface area (Å²) >= 11 is 0. The van der Waals surface area contributed by atoms with Gasteiger partial charge in [-0.25, -0.2) is 21.6 Å². The Bertz CT molecular complexity index is 726. The largest absolute Gasteiger partial charge is 0.497 e. The van der Waals surface area contributed by atoms with Crippen LogP contribution in [0.3, 0.4) is 0 Å². The molecular formula is C12H17NO6S2. The maximum Gasteiger partial charge on any atom is 0.244 e. The molecule has 1 saturated heterocycles. The summed E-state index contributed by atoms with van der Waals surface area (Å²) in [5.41, 5.74) is 0. The summed E-state index contributed by atoms with van der Waals surface area (Å²) in [6.07, 6.45) is 0.272. The maximum atomic E-state index is 12.4. The fourth-order valence-electron chi connectivity index (χ4n) is 2.16. The van der Waals surface area contributed by atoms with Crippen molar-refractivity contribution in [3.8, 4) is 11.5 Å². The van der Waals surface area contributed by atoms with Crippen LogP contribution in [0, 0.1) is 0 Å². The van der Waals surface area contributed by atoms with Gasteiger partial charge in [-0.2, -0.15) is 0 Å². The molecule has 0 spiro atoms. The second-order valence-electron chi connectivity index (χ2n) is 4.74. The Morgan fingerprint density at radius 1 is 1.24 bits per heavy atom. The molecule has 0 aliphatic carbocycles. The summed E-state index contributed by atoms with van der Waals surface area (Å²) in [5.74, 6) is 0.355. The number of hydrogen-bond donors (Lipinski definition) is 1. The molecule has 1 N–H and O–H groups in total. The molecule has 0 amide bonds. The average Bonchev–Trinajstić information content (AvgIpc) is 2.76. The van der Waals surface area contributed by atoms with Crippen LogP contribution in [0.4, 0.5) is 0 Å². The van der Waals surface area contributed by atoms with Gasteiger partial charge in [-0.3, -0.25) is 0 Å². The zero-order chi connectivity index (χ0) is 15.7. The Morgan fingerprint density at radius 2 is 1.95 bits per heavy atom. The monoisotopic (exact) mass is 335 g/mol. The second-order valence-corrected chi connectivity index (χ2v) is 8.65. The summed E-state index contributed by atoms with van der Waals surface area (Å²) in [6, 6.07) is 3.79. The Balaban J connectivity index is 2.31. The highest BCUT2D eigenvalue weighted by atomic mass is 32.2. The lowest BCUT2D eigenvalue weighted by Gasteiger charge is -2.14. The zero-order valence-corrected chi connectivity index (χ0v) is 13.3. The van der Waals surface area contributed by atoms with Gasteiger partial charge < -0.3 is 9.47 Å². The fraction of sp³-hybridized carbons (Fsp3) is 0.500. The van der Waals surface area contributed by atoms with E-state index in [2.05, 4.69) is 4.72 Å². The minimum Gasteiger partial charge on any atom is -0.497 e. The molecule has 1 unspecified atom stereocenters. The van der Waals surface area contributed by atoms with Crippen molar-refractivity contribution in [2.75, 3.05) is 25.7 Å². The quantitative estimate of drug-likeness (QED) is 0.823. The SMILES string of the molecule is COc1ccc(OC)c(S(=O)(=O)NC2CCS(=O)(=O)C2)c1. The molecule has 9 heteroatoms. The number of sulfone groups is 1. The van der Waals surface area contributed by atoms with E-state index in [9.17, 15) is 16.8 Å². The molecule has 0 saturated carbocycles. The van der Waals surface area contributed by atoms with E-state index in [1.165, 1.54) is 26.4 Å². The first kappa shape index (κ1) is 16.1. The number of nitrogens with one attached hydrogen (secondary N) is 1. The van der Waals surface area contributed by atoms with Gasteiger partial charge in [0.15, 0.2) is 9.84 Å². The van der Waals surface area contributed by atoms with Crippen molar-refractivity contribution in [3.05, 3.63) is 18.2 Å². The molecule has 1 aliphatic heterocycles. The van der Waals surface area contributed by atoms with Gasteiger partial charge in [-0.05, 0) is 18.6 Å². The predicted molar refractivity (Wildman–Crippen MR) is 76.9 cm³/mol. The number of methoxy groups -OCH3 is 2. The summed E-state index contributed by atoms with van der Waals surface area (Å²) in [6.45, 7) is 0. The van der Waals surface area contributed by atoms with E-state index in [1.54, 1.807) is 6.07 Å². The third-order valence-electron chi connectivity index (χ3n) is 3.21. The van der Waals surface area contributed by atoms with Gasteiger partial charge in [-0.15, -0.1) is 0 Å². The summed E-state index contributed by atoms with van der Waals surface area (Å²) < 4.78 is 60.1. The van der Waals surface area contributed by atoms with Gasteiger partial charge in [-0.1, -0.05) is 0 Å². The lowest BCUT2D eigenvalue weighted by atomic mass is 10.3. The molecule has 0 radical (unpaired) electrons. The van der Waals surface area contributed by atoms with Crippen molar-refractivity contribution >= 4 is 19.9 Å². The maximum absolute atomic E-state index is 12.4. The van der Waals surface area contributed by atoms with Gasteiger partial charge in [0.25, 0.3) is 0 Å². The van der Waals surface area contributed by atoms with E-state index in [0.717, 1.165) is 0 Å². The summed E-state index contributed by atoms with van der Waals surface area (Å²) in [5, 5.41) is 0. The zero-order valence-electron chi connectivity index (χ0n) is 11.7. The normalized spacial score (nSPS) is 21.1. The minimum atomic E-state index is -3.89. The Kier molecular flexibility index (Phi) is 4.45. The van der Waals surface area contributed by atoms with Gasteiger partial charge in [0.2, 0.25) is 10.0 Å². The topological polar surface area (TPSA) is 98.8 Å². The van der Waals surface area contributed by atoms with Crippen LogP contribution in [0.5, 0.6) is 11.5 Å². The molecule has 1 atom stereocenters. The van der Waals surface area contributed by atoms with Crippen molar-refractivity contribution in [1.29, 1.82) is 0 Å². The fourth-order valence-corrected chi connectivity index (χ4v) is 5.40. The molecule has 1 aromatic rings. The molecule has 0 aromatic heterocycles. The molecule has 118 valence electrons. The van der Waals surface area contributed by atoms with Gasteiger partial charge in [0.05, 0.1) is 25.7 Å². The van der Waals surface area contributed by atoms with Crippen LogP contribution in [0.15, 0.2) is 23.1 Å². The van der Waals surface area contributed by atoms with Crippen molar-refractivity contribution in [3.63, 3.8) is 0 Å². The van der Waals surface area contributed by atoms with Crippen LogP contribution in [0.1, 0.15) is 6.42 Å². The number of ether oxygens (including phenoxy) is 2. The van der Waals surface area contributed by atoms with Crippen LogP contribution in [0.2, 0.25) is 0 Å². The van der Waals surface area contributed by atoms with Crippen molar-refractivity contribution in [1.82, 2.24) is 4.72 Å². The van der Waals surface area contributed by atoms with Crippen LogP contribution in [0.25, 0.3) is 0 Å². The highest BCUT2D eigenvalue weighted by Crippen LogP contribution is 2.28. The van der Waals surface area contributed by atoms with Crippen LogP contribution in [-0.2, 0) is 19.9 Å². The van der Waals surface area contributed by atoms with E-state index in [0.29, 0.717) is 5.75 Å². The van der Waals surface area contributed by atoms with Crippen molar-refractivity contribution in [2.45, 2.75) is 17.4 Å². The first-order valence-electron chi connectivity index (χ1n) is 6.22. The third kappa shape index (κ3) is 3.66. The minimum absolute atomic E-state index is 0.00453. The molecule has 1 aromatic carbocycles. The van der Waals surface area contributed by atoms with Crippen molar-refractivity contribution < 1.29 is 26.3 Å². The smallest absolute Gasteiger partial charge is 0.244 e. The standard InChI is InChI=1S/C12H17NO6S2/c1-18-10-3-4-11(19-2)12(7-10)21(16,17)13-9-5-6-20(14,15)8-9/h3-4,7,9,13H,5-6,8H2,1-2H3. The summed E-state index contributed by atoms with van der Waals surface area (Å²) in [4.78, 5) is -0.0753. The first-order chi connectivity index (χ1) is 9.77. The lowest BCUT2D eigenvalue weighted by molar-refractivity contribution is 0.391. The number of sulfonamides is 1. The van der Waals surface area contributed by atoms with Gasteiger partial charge >= 0.3 is 0 Å². The molecule has 1 heterocycles. The van der Waals surface area contributed by atoms with Gasteiger partial charge in [0.1, 0.15) is 16.4 Å². The number of benzene rings is 1. The van der Waals surface area contributed by atoms with E-state index in [4.69, 9.17) is 9.47 Å². The molecule has 0 bridgehead atoms. The van der Waals surface area contributed by atoms with E-state index in [-0.39, 0.29) is 28.6 Å².